The zero-order valence-electron chi connectivity index (χ0n) is 45.8. The van der Waals surface area contributed by atoms with Gasteiger partial charge in [-0.2, -0.15) is 0 Å². The molecule has 0 amide bonds. The molecule has 0 fully saturated rings. The smallest absolute Gasteiger partial charge is 0.252 e. The molecule has 0 unspecified atom stereocenters. The molecule has 0 atom stereocenters. The Hall–Kier alpha value is -9.52. The van der Waals surface area contributed by atoms with E-state index in [1.807, 2.05) is 12.1 Å². The van der Waals surface area contributed by atoms with Crippen molar-refractivity contribution >= 4 is 118 Å². The summed E-state index contributed by atoms with van der Waals surface area (Å²) in [6.45, 7) is 13.8. The number of benzene rings is 11. The lowest BCUT2D eigenvalue weighted by atomic mass is 9.33. The molecule has 80 heavy (non-hydrogen) atoms. The number of rotatable bonds is 7. The van der Waals surface area contributed by atoms with Gasteiger partial charge in [0.15, 0.2) is 0 Å². The van der Waals surface area contributed by atoms with Crippen molar-refractivity contribution in [3.8, 4) is 22.3 Å². The molecule has 15 rings (SSSR count). The van der Waals surface area contributed by atoms with Gasteiger partial charge in [0.2, 0.25) is 0 Å². The molecule has 0 saturated carbocycles. The van der Waals surface area contributed by atoms with E-state index < -0.39 is 0 Å². The molecule has 11 aromatic carbocycles. The molecule has 6 heteroatoms. The van der Waals surface area contributed by atoms with Crippen LogP contribution in [0.4, 0.5) is 51.2 Å². The van der Waals surface area contributed by atoms with Gasteiger partial charge in [0, 0.05) is 78.2 Å². The minimum Gasteiger partial charge on any atom is -0.455 e. The van der Waals surface area contributed by atoms with Crippen LogP contribution in [0.25, 0.3) is 66.1 Å². The lowest BCUT2D eigenvalue weighted by Crippen LogP contribution is -2.61. The van der Waals surface area contributed by atoms with Crippen LogP contribution < -0.4 is 31.1 Å². The highest BCUT2D eigenvalue weighted by Gasteiger charge is 2.45. The summed E-state index contributed by atoms with van der Waals surface area (Å²) in [5, 5.41) is 4.49. The van der Waals surface area contributed by atoms with Gasteiger partial charge in [-0.1, -0.05) is 199 Å². The maximum absolute atomic E-state index is 6.61. The Morgan fingerprint density at radius 2 is 0.750 bits per heavy atom. The second kappa shape index (κ2) is 18.0. The quantitative estimate of drug-likeness (QED) is 0.149. The second-order valence-corrected chi connectivity index (χ2v) is 23.7. The van der Waals surface area contributed by atoms with Crippen LogP contribution >= 0.6 is 0 Å². The van der Waals surface area contributed by atoms with Crippen molar-refractivity contribution in [2.24, 2.45) is 0 Å². The molecular weight excluding hydrogens is 974 g/mol. The summed E-state index contributed by atoms with van der Waals surface area (Å²) in [7, 11) is 0. The normalized spacial score (nSPS) is 13.1. The number of fused-ring (bicyclic) bond motifs is 10. The maximum atomic E-state index is 6.61. The Bertz CT molecular complexity index is 4280. The summed E-state index contributed by atoms with van der Waals surface area (Å²) in [4.78, 5) is 7.51. The fraction of sp³-hybridized carbons (Fsp3) is 0.108. The Labute approximate surface area is 467 Å². The summed E-state index contributed by atoms with van der Waals surface area (Å²) in [6.07, 6.45) is 0. The fourth-order valence-corrected chi connectivity index (χ4v) is 12.7. The largest absolute Gasteiger partial charge is 0.455 e. The monoisotopic (exact) mass is 1030 g/mol. The van der Waals surface area contributed by atoms with E-state index >= 15 is 0 Å². The van der Waals surface area contributed by atoms with Crippen molar-refractivity contribution in [2.75, 3.05) is 14.7 Å². The molecule has 0 saturated heterocycles. The van der Waals surface area contributed by atoms with Gasteiger partial charge in [0.1, 0.15) is 22.3 Å². The predicted octanol–water partition coefficient (Wildman–Crippen LogP) is 19.0. The molecule has 0 spiro atoms. The number of nitrogens with zero attached hydrogens (tertiary/aromatic N) is 3. The average molecular weight is 1030 g/mol. The first kappa shape index (κ1) is 47.7. The molecule has 2 aliphatic heterocycles. The number of para-hydroxylation sites is 6. The molecule has 0 radical (unpaired) electrons. The zero-order chi connectivity index (χ0) is 54.0. The summed E-state index contributed by atoms with van der Waals surface area (Å²) in [5.74, 6) is 0. The van der Waals surface area contributed by atoms with E-state index in [2.05, 4.69) is 287 Å². The van der Waals surface area contributed by atoms with E-state index in [0.29, 0.717) is 0 Å². The van der Waals surface area contributed by atoms with E-state index in [1.54, 1.807) is 0 Å². The van der Waals surface area contributed by atoms with Gasteiger partial charge < -0.3 is 23.5 Å². The highest BCUT2D eigenvalue weighted by molar-refractivity contribution is 7.00. The molecule has 2 aliphatic rings. The molecule has 0 bridgehead atoms. The summed E-state index contributed by atoms with van der Waals surface area (Å²) in [5.41, 5.74) is 24.1. The third-order valence-corrected chi connectivity index (χ3v) is 16.8. The molecule has 13 aromatic rings. The van der Waals surface area contributed by atoms with Crippen LogP contribution in [0.2, 0.25) is 0 Å². The molecule has 0 N–H and O–H groups in total. The van der Waals surface area contributed by atoms with E-state index in [9.17, 15) is 0 Å². The van der Waals surface area contributed by atoms with Crippen LogP contribution in [0.3, 0.4) is 0 Å². The van der Waals surface area contributed by atoms with Crippen LogP contribution in [0, 0.1) is 0 Å². The summed E-state index contributed by atoms with van der Waals surface area (Å²) >= 11 is 0. The summed E-state index contributed by atoms with van der Waals surface area (Å²) in [6, 6.07) is 89.0. The number of hydrogen-bond donors (Lipinski definition) is 0. The summed E-state index contributed by atoms with van der Waals surface area (Å²) < 4.78 is 13.2. The van der Waals surface area contributed by atoms with Crippen molar-refractivity contribution in [2.45, 2.75) is 52.4 Å². The minimum atomic E-state index is -0.106. The van der Waals surface area contributed by atoms with Gasteiger partial charge in [-0.05, 0) is 134 Å². The Morgan fingerprint density at radius 1 is 0.350 bits per heavy atom. The van der Waals surface area contributed by atoms with Crippen LogP contribution in [0.1, 0.15) is 52.7 Å². The van der Waals surface area contributed by atoms with Crippen molar-refractivity contribution in [3.05, 3.63) is 254 Å². The average Bonchev–Trinajstić information content (AvgIpc) is 4.21. The third-order valence-electron chi connectivity index (χ3n) is 16.8. The second-order valence-electron chi connectivity index (χ2n) is 23.7. The molecule has 4 heterocycles. The Morgan fingerprint density at radius 3 is 1.18 bits per heavy atom. The first-order chi connectivity index (χ1) is 38.9. The number of anilines is 9. The van der Waals surface area contributed by atoms with Gasteiger partial charge >= 0.3 is 0 Å². The Balaban J connectivity index is 0.993. The number of furan rings is 2. The molecule has 384 valence electrons. The van der Waals surface area contributed by atoms with Crippen molar-refractivity contribution in [1.29, 1.82) is 0 Å². The standard InChI is InChI=1S/C74H58BN3O2/c1-73(2,3)49-35-41-62-64(43-49)77(53-37-31-47(32-38-53)56-25-17-27-60-58-23-13-15-29-68(58)79-71(56)60)66-45-55(76(51-19-9-7-10-20-51)52-21-11-8-12-22-52)46-67-70(66)75(62)63-42-36-50(74(4,5)6)44-65(63)78(67)54-39-33-48(34-40-54)57-26-18-28-61-59-24-14-16-30-69(59)80-72(57)61/h7-46H,1-6H3. The maximum Gasteiger partial charge on any atom is 0.252 e. The van der Waals surface area contributed by atoms with E-state index in [4.69, 9.17) is 8.83 Å². The van der Waals surface area contributed by atoms with Crippen LogP contribution in [-0.4, -0.2) is 6.71 Å². The molecule has 0 aliphatic carbocycles. The zero-order valence-corrected chi connectivity index (χ0v) is 45.8. The molecular formula is C74H58BN3O2. The highest BCUT2D eigenvalue weighted by Crippen LogP contribution is 2.50. The van der Waals surface area contributed by atoms with Gasteiger partial charge in [0.05, 0.1) is 5.69 Å². The van der Waals surface area contributed by atoms with Crippen molar-refractivity contribution in [3.63, 3.8) is 0 Å². The van der Waals surface area contributed by atoms with Crippen molar-refractivity contribution in [1.82, 2.24) is 0 Å². The van der Waals surface area contributed by atoms with Crippen LogP contribution in [-0.2, 0) is 10.8 Å². The van der Waals surface area contributed by atoms with Gasteiger partial charge in [-0.3, -0.25) is 0 Å². The topological polar surface area (TPSA) is 36.0 Å². The third kappa shape index (κ3) is 7.61. The molecule has 2 aromatic heterocycles. The minimum absolute atomic E-state index is 0.0774. The first-order valence-corrected chi connectivity index (χ1v) is 27.9. The lowest BCUT2D eigenvalue weighted by molar-refractivity contribution is 0.590. The SMILES string of the molecule is CC(C)(C)c1ccc2c(c1)N(c1ccc(-c3cccc4c3oc3ccccc34)cc1)c1cc(N(c3ccccc3)c3ccccc3)cc3c1B2c1ccc(C(C)(C)C)cc1N3c1ccc(-c2cccc3c2oc2ccccc23)cc1. The Kier molecular flexibility index (Phi) is 10.7. The lowest BCUT2D eigenvalue weighted by Gasteiger charge is -2.45. The van der Waals surface area contributed by atoms with Crippen LogP contribution in [0.15, 0.2) is 251 Å². The van der Waals surface area contributed by atoms with Crippen molar-refractivity contribution < 1.29 is 8.83 Å². The van der Waals surface area contributed by atoms with Gasteiger partial charge in [-0.15, -0.1) is 0 Å². The fourth-order valence-electron chi connectivity index (χ4n) is 12.7. The van der Waals surface area contributed by atoms with Gasteiger partial charge in [-0.25, -0.2) is 0 Å². The molecule has 5 nitrogen and oxygen atoms in total. The predicted molar refractivity (Wildman–Crippen MR) is 338 cm³/mol. The first-order valence-electron chi connectivity index (χ1n) is 27.9. The highest BCUT2D eigenvalue weighted by atomic mass is 16.3. The van der Waals surface area contributed by atoms with E-state index in [-0.39, 0.29) is 17.5 Å². The van der Waals surface area contributed by atoms with E-state index in [1.165, 1.54) is 38.9 Å². The van der Waals surface area contributed by atoms with E-state index in [0.717, 1.165) is 106 Å². The van der Waals surface area contributed by atoms with Gasteiger partial charge in [0.25, 0.3) is 6.71 Å². The van der Waals surface area contributed by atoms with Crippen LogP contribution in [0.5, 0.6) is 0 Å². The number of hydrogen-bond acceptors (Lipinski definition) is 5.